The second-order valence-electron chi connectivity index (χ2n) is 2.96. The monoisotopic (exact) mass is 166 g/mol. The molecule has 1 atom stereocenters. The van der Waals surface area contributed by atoms with Gasteiger partial charge >= 0.3 is 0 Å². The summed E-state index contributed by atoms with van der Waals surface area (Å²) in [5.41, 5.74) is 1.10. The lowest BCUT2D eigenvalue weighted by molar-refractivity contribution is 0.607. The molecule has 12 heavy (non-hydrogen) atoms. The first-order chi connectivity index (χ1) is 5.72. The molecule has 0 spiro atoms. The van der Waals surface area contributed by atoms with Crippen molar-refractivity contribution in [3.05, 3.63) is 34.2 Å². The van der Waals surface area contributed by atoms with Gasteiger partial charge in [-0.25, -0.2) is 0 Å². The van der Waals surface area contributed by atoms with Gasteiger partial charge in [-0.2, -0.15) is 0 Å². The number of hydrogen-bond donors (Lipinski definition) is 2. The lowest BCUT2D eigenvalue weighted by Crippen LogP contribution is -2.23. The lowest BCUT2D eigenvalue weighted by Gasteiger charge is -2.08. The van der Waals surface area contributed by atoms with Crippen molar-refractivity contribution in [2.24, 2.45) is 0 Å². The first-order valence-corrected chi connectivity index (χ1v) is 4.07. The molecule has 1 rings (SSSR count). The minimum Gasteiger partial charge on any atom is -0.329 e. The second-order valence-corrected chi connectivity index (χ2v) is 2.96. The SMILES string of the molecule is CNC(C)Cc1ccc(=O)[nH]c1. The highest BCUT2D eigenvalue weighted by atomic mass is 16.1. The summed E-state index contributed by atoms with van der Waals surface area (Å²) in [6, 6.07) is 3.85. The molecule has 0 saturated carbocycles. The fraction of sp³-hybridized carbons (Fsp3) is 0.444. The molecule has 3 heteroatoms. The Labute approximate surface area is 71.8 Å². The first-order valence-electron chi connectivity index (χ1n) is 4.07. The van der Waals surface area contributed by atoms with Crippen molar-refractivity contribution in [2.75, 3.05) is 7.05 Å². The predicted molar refractivity (Wildman–Crippen MR) is 49.3 cm³/mol. The summed E-state index contributed by atoms with van der Waals surface area (Å²) < 4.78 is 0. The molecule has 0 aliphatic heterocycles. The topological polar surface area (TPSA) is 44.9 Å². The molecule has 1 unspecified atom stereocenters. The Morgan fingerprint density at radius 3 is 2.83 bits per heavy atom. The van der Waals surface area contributed by atoms with Gasteiger partial charge in [0.2, 0.25) is 5.56 Å². The van der Waals surface area contributed by atoms with Gasteiger partial charge in [0, 0.05) is 18.3 Å². The molecule has 0 aliphatic rings. The van der Waals surface area contributed by atoms with E-state index < -0.39 is 0 Å². The van der Waals surface area contributed by atoms with E-state index in [9.17, 15) is 4.79 Å². The van der Waals surface area contributed by atoms with Crippen molar-refractivity contribution in [3.63, 3.8) is 0 Å². The van der Waals surface area contributed by atoms with Gasteiger partial charge in [-0.15, -0.1) is 0 Å². The quantitative estimate of drug-likeness (QED) is 0.687. The molecule has 1 aromatic rings. The highest BCUT2D eigenvalue weighted by molar-refractivity contribution is 5.09. The van der Waals surface area contributed by atoms with Crippen molar-refractivity contribution in [3.8, 4) is 0 Å². The van der Waals surface area contributed by atoms with Crippen LogP contribution in [-0.4, -0.2) is 18.1 Å². The molecule has 0 fully saturated rings. The zero-order chi connectivity index (χ0) is 8.97. The van der Waals surface area contributed by atoms with Gasteiger partial charge in [-0.1, -0.05) is 6.07 Å². The molecule has 1 aromatic heterocycles. The van der Waals surface area contributed by atoms with E-state index in [-0.39, 0.29) is 5.56 Å². The predicted octanol–water partition coefficient (Wildman–Crippen LogP) is 0.525. The molecule has 2 N–H and O–H groups in total. The molecule has 1 heterocycles. The molecule has 0 aliphatic carbocycles. The van der Waals surface area contributed by atoms with Gasteiger partial charge in [0.1, 0.15) is 0 Å². The number of aromatic nitrogens is 1. The Balaban J connectivity index is 2.64. The van der Waals surface area contributed by atoms with Crippen molar-refractivity contribution in [1.29, 1.82) is 0 Å². The van der Waals surface area contributed by atoms with E-state index in [1.165, 1.54) is 0 Å². The number of rotatable bonds is 3. The number of nitrogens with one attached hydrogen (secondary N) is 2. The van der Waals surface area contributed by atoms with E-state index in [1.807, 2.05) is 13.1 Å². The van der Waals surface area contributed by atoms with E-state index in [1.54, 1.807) is 12.3 Å². The van der Waals surface area contributed by atoms with Crippen molar-refractivity contribution < 1.29 is 0 Å². The van der Waals surface area contributed by atoms with Crippen molar-refractivity contribution in [2.45, 2.75) is 19.4 Å². The van der Waals surface area contributed by atoms with Crippen LogP contribution in [0.5, 0.6) is 0 Å². The smallest absolute Gasteiger partial charge is 0.247 e. The fourth-order valence-corrected chi connectivity index (χ4v) is 1.03. The number of aromatic amines is 1. The first kappa shape index (κ1) is 9.00. The summed E-state index contributed by atoms with van der Waals surface area (Å²) in [6.45, 7) is 2.10. The van der Waals surface area contributed by atoms with Crippen LogP contribution in [0.3, 0.4) is 0 Å². The highest BCUT2D eigenvalue weighted by Crippen LogP contribution is 1.97. The van der Waals surface area contributed by atoms with E-state index in [0.717, 1.165) is 12.0 Å². The Hall–Kier alpha value is -1.09. The van der Waals surface area contributed by atoms with Crippen LogP contribution in [0.2, 0.25) is 0 Å². The van der Waals surface area contributed by atoms with Gasteiger partial charge in [0.25, 0.3) is 0 Å². The lowest BCUT2D eigenvalue weighted by atomic mass is 10.1. The second kappa shape index (κ2) is 4.07. The largest absolute Gasteiger partial charge is 0.329 e. The van der Waals surface area contributed by atoms with E-state index in [4.69, 9.17) is 0 Å². The molecule has 0 radical (unpaired) electrons. The molecule has 0 amide bonds. The van der Waals surface area contributed by atoms with Crippen LogP contribution in [0.15, 0.2) is 23.1 Å². The molecular weight excluding hydrogens is 152 g/mol. The third kappa shape index (κ3) is 2.51. The van der Waals surface area contributed by atoms with Gasteiger partial charge in [-0.05, 0) is 26.0 Å². The van der Waals surface area contributed by atoms with E-state index in [0.29, 0.717) is 6.04 Å². The van der Waals surface area contributed by atoms with Gasteiger partial charge in [-0.3, -0.25) is 4.79 Å². The fourth-order valence-electron chi connectivity index (χ4n) is 1.03. The Kier molecular flexibility index (Phi) is 3.05. The summed E-state index contributed by atoms with van der Waals surface area (Å²) >= 11 is 0. The van der Waals surface area contributed by atoms with Crippen LogP contribution < -0.4 is 10.9 Å². The maximum Gasteiger partial charge on any atom is 0.247 e. The Bertz CT molecular complexity index is 272. The number of pyridine rings is 1. The Morgan fingerprint density at radius 2 is 2.33 bits per heavy atom. The summed E-state index contributed by atoms with van der Waals surface area (Å²) in [7, 11) is 1.93. The molecule has 0 aromatic carbocycles. The number of hydrogen-bond acceptors (Lipinski definition) is 2. The van der Waals surface area contributed by atoms with Crippen LogP contribution in [-0.2, 0) is 6.42 Å². The zero-order valence-corrected chi connectivity index (χ0v) is 7.42. The minimum absolute atomic E-state index is 0.0455. The van der Waals surface area contributed by atoms with Crippen LogP contribution >= 0.6 is 0 Å². The van der Waals surface area contributed by atoms with Crippen LogP contribution in [0.25, 0.3) is 0 Å². The number of likely N-dealkylation sites (N-methyl/N-ethyl adjacent to an activating group) is 1. The van der Waals surface area contributed by atoms with Crippen LogP contribution in [0.1, 0.15) is 12.5 Å². The van der Waals surface area contributed by atoms with E-state index in [2.05, 4.69) is 17.2 Å². The zero-order valence-electron chi connectivity index (χ0n) is 7.42. The third-order valence-electron chi connectivity index (χ3n) is 1.88. The molecule has 66 valence electrons. The molecule has 0 saturated heterocycles. The van der Waals surface area contributed by atoms with Crippen LogP contribution in [0, 0.1) is 0 Å². The van der Waals surface area contributed by atoms with Crippen LogP contribution in [0.4, 0.5) is 0 Å². The van der Waals surface area contributed by atoms with Crippen molar-refractivity contribution >= 4 is 0 Å². The minimum atomic E-state index is -0.0455. The van der Waals surface area contributed by atoms with Gasteiger partial charge in [0.15, 0.2) is 0 Å². The standard InChI is InChI=1S/C9H14N2O/c1-7(10-2)5-8-3-4-9(12)11-6-8/h3-4,6-7,10H,5H2,1-2H3,(H,11,12). The summed E-state index contributed by atoms with van der Waals surface area (Å²) in [4.78, 5) is 13.4. The summed E-state index contributed by atoms with van der Waals surface area (Å²) in [6.07, 6.45) is 2.70. The molecular formula is C9H14N2O. The van der Waals surface area contributed by atoms with Gasteiger partial charge < -0.3 is 10.3 Å². The van der Waals surface area contributed by atoms with E-state index >= 15 is 0 Å². The molecule has 0 bridgehead atoms. The number of H-pyrrole nitrogens is 1. The molecule has 3 nitrogen and oxygen atoms in total. The maximum atomic E-state index is 10.7. The van der Waals surface area contributed by atoms with Gasteiger partial charge in [0.05, 0.1) is 0 Å². The average Bonchev–Trinajstić information content (AvgIpc) is 2.09. The highest BCUT2D eigenvalue weighted by Gasteiger charge is 1.99. The maximum absolute atomic E-state index is 10.7. The Morgan fingerprint density at radius 1 is 1.58 bits per heavy atom. The van der Waals surface area contributed by atoms with Crippen molar-refractivity contribution in [1.82, 2.24) is 10.3 Å². The summed E-state index contributed by atoms with van der Waals surface area (Å²) in [5.74, 6) is 0. The normalized spacial score (nSPS) is 12.8. The average molecular weight is 166 g/mol. The third-order valence-corrected chi connectivity index (χ3v) is 1.88. The summed E-state index contributed by atoms with van der Waals surface area (Å²) in [5, 5.41) is 3.14.